The molecule has 0 bridgehead atoms. The van der Waals surface area contributed by atoms with Crippen molar-refractivity contribution in [3.8, 4) is 5.75 Å². The van der Waals surface area contributed by atoms with Gasteiger partial charge in [0.15, 0.2) is 0 Å². The highest BCUT2D eigenvalue weighted by molar-refractivity contribution is 9.10. The summed E-state index contributed by atoms with van der Waals surface area (Å²) < 4.78 is 6.88. The zero-order valence-electron chi connectivity index (χ0n) is 10.4. The van der Waals surface area contributed by atoms with Gasteiger partial charge >= 0.3 is 0 Å². The third kappa shape index (κ3) is 3.96. The van der Waals surface area contributed by atoms with Gasteiger partial charge in [0, 0.05) is 15.1 Å². The van der Waals surface area contributed by atoms with Crippen molar-refractivity contribution in [2.75, 3.05) is 6.54 Å². The van der Waals surface area contributed by atoms with E-state index in [0.717, 1.165) is 32.8 Å². The summed E-state index contributed by atoms with van der Waals surface area (Å²) in [7, 11) is 0. The van der Waals surface area contributed by atoms with Gasteiger partial charge in [0.25, 0.3) is 0 Å². The summed E-state index contributed by atoms with van der Waals surface area (Å²) in [5.74, 6) is 0.855. The lowest BCUT2D eigenvalue weighted by Crippen LogP contribution is -2.05. The van der Waals surface area contributed by atoms with E-state index in [1.54, 1.807) is 0 Å². The Morgan fingerprint density at radius 2 is 1.89 bits per heavy atom. The maximum Gasteiger partial charge on any atom is 0.123 e. The average molecular weight is 341 g/mol. The van der Waals surface area contributed by atoms with Crippen molar-refractivity contribution in [3.63, 3.8) is 0 Å². The molecule has 100 valence electrons. The molecule has 0 atom stereocenters. The largest absolute Gasteiger partial charge is 0.489 e. The van der Waals surface area contributed by atoms with Crippen molar-refractivity contribution in [2.24, 2.45) is 5.73 Å². The van der Waals surface area contributed by atoms with Gasteiger partial charge in [-0.3, -0.25) is 0 Å². The molecule has 0 unspecified atom stereocenters. The third-order valence-corrected chi connectivity index (χ3v) is 3.64. The summed E-state index contributed by atoms with van der Waals surface area (Å²) in [6.07, 6.45) is 0.789. The van der Waals surface area contributed by atoms with Gasteiger partial charge in [-0.1, -0.05) is 45.7 Å². The lowest BCUT2D eigenvalue weighted by Gasteiger charge is -2.12. The number of ether oxygens (including phenoxy) is 1. The van der Waals surface area contributed by atoms with Crippen LogP contribution >= 0.6 is 27.5 Å². The molecule has 0 aliphatic carbocycles. The van der Waals surface area contributed by atoms with E-state index in [-0.39, 0.29) is 0 Å². The Balaban J connectivity index is 2.13. The van der Waals surface area contributed by atoms with Crippen molar-refractivity contribution in [1.82, 2.24) is 0 Å². The number of hydrogen-bond donors (Lipinski definition) is 1. The van der Waals surface area contributed by atoms with E-state index < -0.39 is 0 Å². The highest BCUT2D eigenvalue weighted by Crippen LogP contribution is 2.25. The van der Waals surface area contributed by atoms with Gasteiger partial charge in [-0.2, -0.15) is 0 Å². The Bertz CT molecular complexity index is 560. The first-order valence-electron chi connectivity index (χ1n) is 6.05. The number of benzene rings is 2. The number of halogens is 2. The highest BCUT2D eigenvalue weighted by Gasteiger charge is 2.06. The van der Waals surface area contributed by atoms with E-state index in [2.05, 4.69) is 15.9 Å². The van der Waals surface area contributed by atoms with Crippen molar-refractivity contribution in [1.29, 1.82) is 0 Å². The SMILES string of the molecule is NCCc1cc(Br)ccc1OCc1ccccc1Cl. The molecule has 2 rings (SSSR count). The molecular weight excluding hydrogens is 326 g/mol. The van der Waals surface area contributed by atoms with E-state index in [1.807, 2.05) is 42.5 Å². The molecule has 0 heterocycles. The van der Waals surface area contributed by atoms with Gasteiger partial charge in [-0.15, -0.1) is 0 Å². The molecule has 4 heteroatoms. The average Bonchev–Trinajstić information content (AvgIpc) is 2.40. The Hall–Kier alpha value is -1.03. The predicted molar refractivity (Wildman–Crippen MR) is 82.7 cm³/mol. The lowest BCUT2D eigenvalue weighted by molar-refractivity contribution is 0.303. The molecule has 0 aliphatic rings. The standard InChI is InChI=1S/C15H15BrClNO/c16-13-5-6-15(11(9-13)7-8-18)19-10-12-3-1-2-4-14(12)17/h1-6,9H,7-8,10,18H2. The number of nitrogens with two attached hydrogens (primary N) is 1. The van der Waals surface area contributed by atoms with E-state index in [9.17, 15) is 0 Å². The second-order valence-corrected chi connectivity index (χ2v) is 5.49. The smallest absolute Gasteiger partial charge is 0.123 e. The van der Waals surface area contributed by atoms with Gasteiger partial charge in [-0.25, -0.2) is 0 Å². The van der Waals surface area contributed by atoms with Crippen LogP contribution in [0.2, 0.25) is 5.02 Å². The maximum absolute atomic E-state index is 6.11. The van der Waals surface area contributed by atoms with Crippen LogP contribution < -0.4 is 10.5 Å². The molecule has 0 spiro atoms. The minimum Gasteiger partial charge on any atom is -0.489 e. The first kappa shape index (κ1) is 14.4. The van der Waals surface area contributed by atoms with Crippen LogP contribution in [0, 0.1) is 0 Å². The normalized spacial score (nSPS) is 10.5. The second kappa shape index (κ2) is 6.94. The summed E-state index contributed by atoms with van der Waals surface area (Å²) in [5, 5.41) is 0.722. The molecule has 2 nitrogen and oxygen atoms in total. The molecule has 19 heavy (non-hydrogen) atoms. The fraction of sp³-hybridized carbons (Fsp3) is 0.200. The van der Waals surface area contributed by atoms with Crippen LogP contribution in [-0.2, 0) is 13.0 Å². The van der Waals surface area contributed by atoms with E-state index in [4.69, 9.17) is 22.1 Å². The Labute approximate surface area is 126 Å². The Morgan fingerprint density at radius 1 is 1.11 bits per heavy atom. The fourth-order valence-electron chi connectivity index (χ4n) is 1.81. The van der Waals surface area contributed by atoms with Crippen LogP contribution in [0.25, 0.3) is 0 Å². The first-order valence-corrected chi connectivity index (χ1v) is 7.22. The number of rotatable bonds is 5. The van der Waals surface area contributed by atoms with Crippen molar-refractivity contribution in [2.45, 2.75) is 13.0 Å². The molecular formula is C15H15BrClNO. The number of hydrogen-bond acceptors (Lipinski definition) is 2. The summed E-state index contributed by atoms with van der Waals surface area (Å²) >= 11 is 9.57. The second-order valence-electron chi connectivity index (χ2n) is 4.17. The Morgan fingerprint density at radius 3 is 2.63 bits per heavy atom. The zero-order chi connectivity index (χ0) is 13.7. The molecule has 2 aromatic carbocycles. The topological polar surface area (TPSA) is 35.2 Å². The van der Waals surface area contributed by atoms with E-state index >= 15 is 0 Å². The van der Waals surface area contributed by atoms with Gasteiger partial charge in [0.2, 0.25) is 0 Å². The summed E-state index contributed by atoms with van der Waals surface area (Å²) in [6.45, 7) is 1.05. The fourth-order valence-corrected chi connectivity index (χ4v) is 2.41. The molecule has 0 amide bonds. The van der Waals surface area contributed by atoms with Crippen LogP contribution in [0.3, 0.4) is 0 Å². The van der Waals surface area contributed by atoms with Crippen LogP contribution in [0.15, 0.2) is 46.9 Å². The lowest BCUT2D eigenvalue weighted by atomic mass is 10.1. The monoisotopic (exact) mass is 339 g/mol. The molecule has 0 aromatic heterocycles. The van der Waals surface area contributed by atoms with Crippen LogP contribution in [0.4, 0.5) is 0 Å². The van der Waals surface area contributed by atoms with Gasteiger partial charge in [0.05, 0.1) is 0 Å². The van der Waals surface area contributed by atoms with Gasteiger partial charge in [0.1, 0.15) is 12.4 Å². The quantitative estimate of drug-likeness (QED) is 0.886. The van der Waals surface area contributed by atoms with Crippen LogP contribution in [0.5, 0.6) is 5.75 Å². The molecule has 2 N–H and O–H groups in total. The maximum atomic E-state index is 6.11. The third-order valence-electron chi connectivity index (χ3n) is 2.78. The predicted octanol–water partition coefficient (Wildman–Crippen LogP) is 4.18. The summed E-state index contributed by atoms with van der Waals surface area (Å²) in [4.78, 5) is 0. The molecule has 0 saturated heterocycles. The van der Waals surface area contributed by atoms with Gasteiger partial charge < -0.3 is 10.5 Å². The van der Waals surface area contributed by atoms with Crippen LogP contribution in [0.1, 0.15) is 11.1 Å². The molecule has 0 fully saturated rings. The van der Waals surface area contributed by atoms with Crippen molar-refractivity contribution in [3.05, 3.63) is 63.1 Å². The zero-order valence-corrected chi connectivity index (χ0v) is 12.7. The summed E-state index contributed by atoms with van der Waals surface area (Å²) in [5.41, 5.74) is 7.70. The molecule has 0 saturated carbocycles. The molecule has 0 radical (unpaired) electrons. The minimum absolute atomic E-state index is 0.457. The Kier molecular flexibility index (Phi) is 5.25. The van der Waals surface area contributed by atoms with Crippen molar-refractivity contribution >= 4 is 27.5 Å². The van der Waals surface area contributed by atoms with Crippen molar-refractivity contribution < 1.29 is 4.74 Å². The van der Waals surface area contributed by atoms with Gasteiger partial charge in [-0.05, 0) is 42.8 Å². The molecule has 0 aliphatic heterocycles. The highest BCUT2D eigenvalue weighted by atomic mass is 79.9. The minimum atomic E-state index is 0.457. The van der Waals surface area contributed by atoms with Crippen LogP contribution in [-0.4, -0.2) is 6.54 Å². The summed E-state index contributed by atoms with van der Waals surface area (Å²) in [6, 6.07) is 13.6. The molecule has 2 aromatic rings. The van der Waals surface area contributed by atoms with E-state index in [0.29, 0.717) is 13.2 Å². The van der Waals surface area contributed by atoms with E-state index in [1.165, 1.54) is 0 Å². The first-order chi connectivity index (χ1) is 9.20.